The minimum atomic E-state index is -0.123. The first-order valence-electron chi connectivity index (χ1n) is 5.50. The Labute approximate surface area is 106 Å². The van der Waals surface area contributed by atoms with Gasteiger partial charge in [0.15, 0.2) is 0 Å². The lowest BCUT2D eigenvalue weighted by molar-refractivity contribution is 0.767. The van der Waals surface area contributed by atoms with Crippen LogP contribution in [0.2, 0.25) is 0 Å². The van der Waals surface area contributed by atoms with Crippen molar-refractivity contribution in [2.45, 2.75) is 19.8 Å². The predicted octanol–water partition coefficient (Wildman–Crippen LogP) is 1.67. The first-order valence-corrected chi connectivity index (χ1v) is 6.65. The lowest BCUT2D eigenvalue weighted by atomic mass is 10.2. The van der Waals surface area contributed by atoms with E-state index in [2.05, 4.69) is 21.2 Å². The summed E-state index contributed by atoms with van der Waals surface area (Å²) in [5.41, 5.74) is -0.123. The van der Waals surface area contributed by atoms with Crippen molar-refractivity contribution in [2.24, 2.45) is 0 Å². The molecule has 0 atom stereocenters. The van der Waals surface area contributed by atoms with Gasteiger partial charge in [-0.2, -0.15) is 0 Å². The van der Waals surface area contributed by atoms with E-state index in [-0.39, 0.29) is 11.5 Å². The van der Waals surface area contributed by atoms with Gasteiger partial charge in [0, 0.05) is 24.3 Å². The third-order valence-electron chi connectivity index (χ3n) is 2.04. The van der Waals surface area contributed by atoms with Crippen molar-refractivity contribution in [2.75, 3.05) is 23.4 Å². The summed E-state index contributed by atoms with van der Waals surface area (Å²) in [5.74, 6) is 5.71. The Morgan fingerprint density at radius 3 is 3.06 bits per heavy atom. The second-order valence-electron chi connectivity index (χ2n) is 3.85. The van der Waals surface area contributed by atoms with E-state index >= 15 is 0 Å². The maximum absolute atomic E-state index is 11.4. The van der Waals surface area contributed by atoms with Gasteiger partial charge in [-0.1, -0.05) is 19.8 Å². The highest BCUT2D eigenvalue weighted by molar-refractivity contribution is 7.99. The zero-order valence-electron chi connectivity index (χ0n) is 10.1. The number of aromatic nitrogens is 2. The Kier molecular flexibility index (Phi) is 5.64. The fourth-order valence-electron chi connectivity index (χ4n) is 1.22. The van der Waals surface area contributed by atoms with Crippen LogP contribution in [0.4, 0.5) is 5.82 Å². The van der Waals surface area contributed by atoms with Gasteiger partial charge in [0.1, 0.15) is 11.6 Å². The van der Waals surface area contributed by atoms with E-state index in [1.807, 2.05) is 13.8 Å². The van der Waals surface area contributed by atoms with Gasteiger partial charge in [-0.3, -0.25) is 4.79 Å². The fourth-order valence-corrected chi connectivity index (χ4v) is 1.73. The van der Waals surface area contributed by atoms with Crippen LogP contribution in [-0.2, 0) is 0 Å². The molecule has 17 heavy (non-hydrogen) atoms. The molecule has 0 aliphatic carbocycles. The van der Waals surface area contributed by atoms with Crippen molar-refractivity contribution >= 4 is 17.6 Å². The Morgan fingerprint density at radius 2 is 2.41 bits per heavy atom. The van der Waals surface area contributed by atoms with Crippen LogP contribution in [0.25, 0.3) is 0 Å². The van der Waals surface area contributed by atoms with Crippen molar-refractivity contribution in [3.05, 3.63) is 22.2 Å². The fraction of sp³-hybridized carbons (Fsp3) is 0.500. The summed E-state index contributed by atoms with van der Waals surface area (Å²) >= 11 is 1.67. The van der Waals surface area contributed by atoms with E-state index in [1.165, 1.54) is 6.07 Å². The number of thioether (sulfide) groups is 1. The molecule has 0 radical (unpaired) electrons. The maximum atomic E-state index is 11.4. The summed E-state index contributed by atoms with van der Waals surface area (Å²) in [6.07, 6.45) is 5.15. The Morgan fingerprint density at radius 1 is 1.65 bits per heavy atom. The van der Waals surface area contributed by atoms with E-state index in [0.717, 1.165) is 12.3 Å². The summed E-state index contributed by atoms with van der Waals surface area (Å²) in [4.78, 5) is 18.4. The summed E-state index contributed by atoms with van der Waals surface area (Å²) in [7, 11) is 0. The first-order chi connectivity index (χ1) is 8.13. The number of hydrogen-bond donors (Lipinski definition) is 2. The highest BCUT2D eigenvalue weighted by Gasteiger charge is 2.04. The van der Waals surface area contributed by atoms with Crippen LogP contribution in [0.1, 0.15) is 25.6 Å². The van der Waals surface area contributed by atoms with Crippen molar-refractivity contribution in [3.63, 3.8) is 0 Å². The van der Waals surface area contributed by atoms with Gasteiger partial charge in [0.25, 0.3) is 5.56 Å². The number of anilines is 1. The summed E-state index contributed by atoms with van der Waals surface area (Å²) in [6, 6.07) is 1.47. The smallest absolute Gasteiger partial charge is 0.252 e. The van der Waals surface area contributed by atoms with Crippen LogP contribution < -0.4 is 10.9 Å². The molecule has 0 unspecified atom stereocenters. The van der Waals surface area contributed by atoms with Crippen molar-refractivity contribution in [1.82, 2.24) is 9.97 Å². The first kappa shape index (κ1) is 13.7. The average Bonchev–Trinajstić information content (AvgIpc) is 2.28. The van der Waals surface area contributed by atoms with E-state index in [4.69, 9.17) is 6.42 Å². The van der Waals surface area contributed by atoms with Gasteiger partial charge in [-0.25, -0.2) is 4.98 Å². The molecule has 0 bridgehead atoms. The lowest BCUT2D eigenvalue weighted by Crippen LogP contribution is -2.15. The normalized spacial score (nSPS) is 10.2. The molecule has 0 spiro atoms. The van der Waals surface area contributed by atoms with Gasteiger partial charge in [-0.05, 0) is 0 Å². The highest BCUT2D eigenvalue weighted by atomic mass is 32.2. The molecule has 4 nitrogen and oxygen atoms in total. The van der Waals surface area contributed by atoms with Crippen LogP contribution in [0, 0.1) is 12.3 Å². The quantitative estimate of drug-likeness (QED) is 0.596. The van der Waals surface area contributed by atoms with Crippen LogP contribution in [-0.4, -0.2) is 28.0 Å². The van der Waals surface area contributed by atoms with Crippen molar-refractivity contribution in [3.8, 4) is 12.3 Å². The van der Waals surface area contributed by atoms with Crippen molar-refractivity contribution < 1.29 is 0 Å². The maximum Gasteiger partial charge on any atom is 0.252 e. The summed E-state index contributed by atoms with van der Waals surface area (Å²) in [6.45, 7) is 4.73. The third-order valence-corrected chi connectivity index (χ3v) is 2.91. The van der Waals surface area contributed by atoms with E-state index < -0.39 is 0 Å². The number of nitrogens with zero attached hydrogens (tertiary/aromatic N) is 1. The molecule has 5 heteroatoms. The molecule has 1 rings (SSSR count). The van der Waals surface area contributed by atoms with Crippen LogP contribution >= 0.6 is 11.8 Å². The average molecular weight is 251 g/mol. The minimum Gasteiger partial charge on any atom is -0.369 e. The Bertz CT molecular complexity index is 448. The van der Waals surface area contributed by atoms with E-state index in [9.17, 15) is 4.79 Å². The Hall–Kier alpha value is -1.41. The molecule has 0 saturated heterocycles. The molecular weight excluding hydrogens is 234 g/mol. The zero-order chi connectivity index (χ0) is 12.7. The van der Waals surface area contributed by atoms with E-state index in [1.54, 1.807) is 11.8 Å². The largest absolute Gasteiger partial charge is 0.369 e. The molecule has 0 aromatic carbocycles. The SMILES string of the molecule is C#CCSCCNc1cc(=O)[nH]c(C(C)C)n1. The minimum absolute atomic E-state index is 0.123. The Balaban J connectivity index is 2.54. The van der Waals surface area contributed by atoms with Gasteiger partial charge in [-0.15, -0.1) is 18.2 Å². The van der Waals surface area contributed by atoms with Gasteiger partial charge >= 0.3 is 0 Å². The van der Waals surface area contributed by atoms with Crippen molar-refractivity contribution in [1.29, 1.82) is 0 Å². The lowest BCUT2D eigenvalue weighted by Gasteiger charge is -2.08. The molecule has 0 aliphatic heterocycles. The predicted molar refractivity (Wildman–Crippen MR) is 73.6 cm³/mol. The molecule has 0 saturated carbocycles. The molecule has 1 heterocycles. The van der Waals surface area contributed by atoms with Gasteiger partial charge in [0.2, 0.25) is 0 Å². The molecule has 92 valence electrons. The summed E-state index contributed by atoms with van der Waals surface area (Å²) in [5, 5.41) is 3.12. The number of rotatable bonds is 6. The van der Waals surface area contributed by atoms with Gasteiger partial charge in [0.05, 0.1) is 5.75 Å². The number of H-pyrrole nitrogens is 1. The molecule has 0 amide bonds. The van der Waals surface area contributed by atoms with Crippen LogP contribution in [0.15, 0.2) is 10.9 Å². The van der Waals surface area contributed by atoms with E-state index in [0.29, 0.717) is 17.4 Å². The molecule has 1 aromatic rings. The van der Waals surface area contributed by atoms with Crippen LogP contribution in [0.5, 0.6) is 0 Å². The molecule has 0 aliphatic rings. The monoisotopic (exact) mass is 251 g/mol. The molecule has 2 N–H and O–H groups in total. The number of hydrogen-bond acceptors (Lipinski definition) is 4. The number of terminal acetylenes is 1. The number of nitrogens with one attached hydrogen (secondary N) is 2. The second-order valence-corrected chi connectivity index (χ2v) is 4.96. The van der Waals surface area contributed by atoms with Gasteiger partial charge < -0.3 is 10.3 Å². The number of aromatic amines is 1. The molecule has 0 fully saturated rings. The summed E-state index contributed by atoms with van der Waals surface area (Å²) < 4.78 is 0. The zero-order valence-corrected chi connectivity index (χ0v) is 10.9. The molecular formula is C12H17N3OS. The highest BCUT2D eigenvalue weighted by Crippen LogP contribution is 2.09. The standard InChI is InChI=1S/C12H17N3OS/c1-4-6-17-7-5-13-10-8-11(16)15-12(14-10)9(2)3/h1,8-9H,5-7H2,2-3H3,(H2,13,14,15,16). The third kappa shape index (κ3) is 4.96. The molecule has 1 aromatic heterocycles. The topological polar surface area (TPSA) is 57.8 Å². The second kappa shape index (κ2) is 7.02. The van der Waals surface area contributed by atoms with Crippen LogP contribution in [0.3, 0.4) is 0 Å².